The minimum absolute atomic E-state index is 0.344. The number of nitrogens with zero attached hydrogens (tertiary/aromatic N) is 1. The van der Waals surface area contributed by atoms with Crippen molar-refractivity contribution in [1.82, 2.24) is 9.97 Å². The highest BCUT2D eigenvalue weighted by Gasteiger charge is 2.11. The van der Waals surface area contributed by atoms with Crippen LogP contribution in [0.1, 0.15) is 6.92 Å². The molecule has 1 aromatic heterocycles. The summed E-state index contributed by atoms with van der Waals surface area (Å²) in [6.07, 6.45) is 0. The topological polar surface area (TPSA) is 55.0 Å². The van der Waals surface area contributed by atoms with Crippen LogP contribution in [0.3, 0.4) is 0 Å². The van der Waals surface area contributed by atoms with Crippen LogP contribution < -0.4 is 4.74 Å². The van der Waals surface area contributed by atoms with Crippen LogP contribution in [-0.4, -0.2) is 15.9 Å². The van der Waals surface area contributed by atoms with Crippen LogP contribution in [0.15, 0.2) is 48.5 Å². The molecule has 4 heteroatoms. The molecule has 0 saturated heterocycles. The third-order valence-corrected chi connectivity index (χ3v) is 2.79. The summed E-state index contributed by atoms with van der Waals surface area (Å²) in [4.78, 5) is 18.8. The highest BCUT2D eigenvalue weighted by molar-refractivity contribution is 5.81. The van der Waals surface area contributed by atoms with Crippen LogP contribution >= 0.6 is 0 Å². The van der Waals surface area contributed by atoms with Crippen LogP contribution in [0.5, 0.6) is 5.75 Å². The van der Waals surface area contributed by atoms with Gasteiger partial charge in [0.15, 0.2) is 0 Å². The smallest absolute Gasteiger partial charge is 0.308 e. The number of aromatic amines is 1. The van der Waals surface area contributed by atoms with Gasteiger partial charge in [-0.25, -0.2) is 4.98 Å². The molecule has 0 aliphatic carbocycles. The average molecular weight is 252 g/mol. The number of rotatable bonds is 2. The maximum Gasteiger partial charge on any atom is 0.308 e. The van der Waals surface area contributed by atoms with Crippen molar-refractivity contribution in [2.45, 2.75) is 6.92 Å². The van der Waals surface area contributed by atoms with E-state index in [0.717, 1.165) is 16.6 Å². The molecular weight excluding hydrogens is 240 g/mol. The van der Waals surface area contributed by atoms with Crippen molar-refractivity contribution in [3.8, 4) is 17.1 Å². The highest BCUT2D eigenvalue weighted by atomic mass is 16.5. The Balaban J connectivity index is 2.13. The lowest BCUT2D eigenvalue weighted by molar-refractivity contribution is -0.131. The van der Waals surface area contributed by atoms with Gasteiger partial charge in [-0.2, -0.15) is 0 Å². The molecule has 1 heterocycles. The molecule has 0 aliphatic rings. The quantitative estimate of drug-likeness (QED) is 0.563. The number of fused-ring (bicyclic) bond motifs is 1. The van der Waals surface area contributed by atoms with Gasteiger partial charge in [0.1, 0.15) is 11.6 Å². The van der Waals surface area contributed by atoms with E-state index in [-0.39, 0.29) is 5.97 Å². The monoisotopic (exact) mass is 252 g/mol. The predicted molar refractivity (Wildman–Crippen MR) is 72.8 cm³/mol. The lowest BCUT2D eigenvalue weighted by Gasteiger charge is -2.05. The lowest BCUT2D eigenvalue weighted by atomic mass is 10.2. The van der Waals surface area contributed by atoms with Gasteiger partial charge in [-0.1, -0.05) is 24.3 Å². The van der Waals surface area contributed by atoms with Crippen molar-refractivity contribution >= 4 is 17.0 Å². The molecule has 0 atom stereocenters. The van der Waals surface area contributed by atoms with Crippen molar-refractivity contribution in [2.75, 3.05) is 0 Å². The zero-order valence-corrected chi connectivity index (χ0v) is 10.4. The van der Waals surface area contributed by atoms with Crippen molar-refractivity contribution in [2.24, 2.45) is 0 Å². The number of para-hydroxylation sites is 3. The first-order valence-electron chi connectivity index (χ1n) is 5.96. The molecule has 0 fully saturated rings. The Morgan fingerprint density at radius 2 is 1.84 bits per heavy atom. The third kappa shape index (κ3) is 2.20. The fourth-order valence-corrected chi connectivity index (χ4v) is 1.99. The van der Waals surface area contributed by atoms with Crippen molar-refractivity contribution in [3.05, 3.63) is 48.5 Å². The number of carbonyl (C=O) groups is 1. The number of esters is 1. The Kier molecular flexibility index (Phi) is 2.76. The van der Waals surface area contributed by atoms with Gasteiger partial charge in [0.05, 0.1) is 16.6 Å². The summed E-state index contributed by atoms with van der Waals surface area (Å²) in [6, 6.07) is 15.1. The molecular formula is C15H12N2O2. The van der Waals surface area contributed by atoms with E-state index in [1.165, 1.54) is 6.92 Å². The van der Waals surface area contributed by atoms with Crippen molar-refractivity contribution in [1.29, 1.82) is 0 Å². The lowest BCUT2D eigenvalue weighted by Crippen LogP contribution is -2.02. The number of hydrogen-bond donors (Lipinski definition) is 1. The molecule has 3 rings (SSSR count). The second-order valence-electron chi connectivity index (χ2n) is 4.19. The third-order valence-electron chi connectivity index (χ3n) is 2.79. The largest absolute Gasteiger partial charge is 0.426 e. The number of H-pyrrole nitrogens is 1. The first-order chi connectivity index (χ1) is 9.24. The summed E-state index contributed by atoms with van der Waals surface area (Å²) in [5, 5.41) is 0. The fourth-order valence-electron chi connectivity index (χ4n) is 1.99. The molecule has 3 aromatic rings. The molecule has 0 amide bonds. The second-order valence-corrected chi connectivity index (χ2v) is 4.19. The standard InChI is InChI=1S/C15H12N2O2/c1-10(18)19-14-9-5-2-6-11(14)15-16-12-7-3-4-8-13(12)17-15/h2-9H,1H3,(H,16,17). The number of nitrogens with one attached hydrogen (secondary N) is 1. The van der Waals surface area contributed by atoms with Crippen LogP contribution in [0.25, 0.3) is 22.4 Å². The summed E-state index contributed by atoms with van der Waals surface area (Å²) in [6.45, 7) is 1.38. The molecule has 0 saturated carbocycles. The van der Waals surface area contributed by atoms with E-state index in [4.69, 9.17) is 4.74 Å². The summed E-state index contributed by atoms with van der Waals surface area (Å²) in [5.74, 6) is 0.857. The maximum absolute atomic E-state index is 11.1. The predicted octanol–water partition coefficient (Wildman–Crippen LogP) is 3.16. The Hall–Kier alpha value is -2.62. The molecule has 19 heavy (non-hydrogen) atoms. The van der Waals surface area contributed by atoms with Crippen molar-refractivity contribution < 1.29 is 9.53 Å². The number of imidazole rings is 1. The van der Waals surface area contributed by atoms with E-state index in [9.17, 15) is 4.79 Å². The summed E-state index contributed by atoms with van der Waals surface area (Å²) >= 11 is 0. The van der Waals surface area contributed by atoms with E-state index in [1.807, 2.05) is 42.5 Å². The van der Waals surface area contributed by atoms with Gasteiger partial charge in [0, 0.05) is 6.92 Å². The van der Waals surface area contributed by atoms with E-state index in [1.54, 1.807) is 6.07 Å². The normalized spacial score (nSPS) is 10.6. The zero-order valence-electron chi connectivity index (χ0n) is 10.4. The molecule has 0 bridgehead atoms. The van der Waals surface area contributed by atoms with Crippen LogP contribution in [0, 0.1) is 0 Å². The van der Waals surface area contributed by atoms with E-state index in [2.05, 4.69) is 9.97 Å². The molecule has 2 aromatic carbocycles. The summed E-state index contributed by atoms with van der Waals surface area (Å²) in [5.41, 5.74) is 2.61. The molecule has 0 aliphatic heterocycles. The van der Waals surface area contributed by atoms with Crippen LogP contribution in [0.2, 0.25) is 0 Å². The van der Waals surface area contributed by atoms with Crippen LogP contribution in [-0.2, 0) is 4.79 Å². The number of carbonyl (C=O) groups excluding carboxylic acids is 1. The second kappa shape index (κ2) is 4.57. The number of benzene rings is 2. The fraction of sp³-hybridized carbons (Fsp3) is 0.0667. The first kappa shape index (κ1) is 11.5. The summed E-state index contributed by atoms with van der Waals surface area (Å²) in [7, 11) is 0. The van der Waals surface area contributed by atoms with Gasteiger partial charge < -0.3 is 9.72 Å². The SMILES string of the molecule is CC(=O)Oc1ccccc1-c1nc2ccccc2[nH]1. The minimum Gasteiger partial charge on any atom is -0.426 e. The Morgan fingerprint density at radius 3 is 2.63 bits per heavy atom. The Labute approximate surface area is 110 Å². The van der Waals surface area contributed by atoms with E-state index in [0.29, 0.717) is 11.6 Å². The van der Waals surface area contributed by atoms with E-state index < -0.39 is 0 Å². The Morgan fingerprint density at radius 1 is 1.11 bits per heavy atom. The molecule has 0 unspecified atom stereocenters. The molecule has 4 nitrogen and oxygen atoms in total. The van der Waals surface area contributed by atoms with Gasteiger partial charge in [0.25, 0.3) is 0 Å². The number of hydrogen-bond acceptors (Lipinski definition) is 3. The molecule has 0 radical (unpaired) electrons. The molecule has 0 spiro atoms. The van der Waals surface area contributed by atoms with Crippen LogP contribution in [0.4, 0.5) is 0 Å². The minimum atomic E-state index is -0.344. The Bertz CT molecular complexity index is 713. The molecule has 1 N–H and O–H groups in total. The average Bonchev–Trinajstić information content (AvgIpc) is 2.82. The summed E-state index contributed by atoms with van der Waals surface area (Å²) < 4.78 is 5.20. The number of ether oxygens (including phenoxy) is 1. The highest BCUT2D eigenvalue weighted by Crippen LogP contribution is 2.29. The van der Waals surface area contributed by atoms with Gasteiger partial charge >= 0.3 is 5.97 Å². The van der Waals surface area contributed by atoms with Gasteiger partial charge in [-0.15, -0.1) is 0 Å². The first-order valence-corrected chi connectivity index (χ1v) is 5.96. The van der Waals surface area contributed by atoms with Gasteiger partial charge in [-0.3, -0.25) is 4.79 Å². The van der Waals surface area contributed by atoms with Gasteiger partial charge in [0.2, 0.25) is 0 Å². The number of aromatic nitrogens is 2. The van der Waals surface area contributed by atoms with Crippen molar-refractivity contribution in [3.63, 3.8) is 0 Å². The van der Waals surface area contributed by atoms with E-state index >= 15 is 0 Å². The van der Waals surface area contributed by atoms with Gasteiger partial charge in [-0.05, 0) is 24.3 Å². The zero-order chi connectivity index (χ0) is 13.2. The maximum atomic E-state index is 11.1. The molecule has 94 valence electrons.